The number of ether oxygens (including phenoxy) is 1. The molecule has 0 radical (unpaired) electrons. The zero-order valence-electron chi connectivity index (χ0n) is 18.4. The molecule has 170 valence electrons. The van der Waals surface area contributed by atoms with Gasteiger partial charge in [0.2, 0.25) is 0 Å². The molecule has 2 N–H and O–H groups in total. The molecule has 0 saturated heterocycles. The first-order chi connectivity index (χ1) is 16.5. The summed E-state index contributed by atoms with van der Waals surface area (Å²) in [5.74, 6) is -1.37. The molecule has 0 aliphatic carbocycles. The van der Waals surface area contributed by atoms with E-state index < -0.39 is 18.0 Å². The summed E-state index contributed by atoms with van der Waals surface area (Å²) in [6.07, 6.45) is -1.03. The number of rotatable bonds is 7. The average Bonchev–Trinajstić information content (AvgIpc) is 3.40. The summed E-state index contributed by atoms with van der Waals surface area (Å²) in [6.45, 7) is 1.51. The van der Waals surface area contributed by atoms with E-state index in [4.69, 9.17) is 4.74 Å². The summed E-state index contributed by atoms with van der Waals surface area (Å²) < 4.78 is 5.39. The van der Waals surface area contributed by atoms with E-state index in [0.717, 1.165) is 11.1 Å². The van der Waals surface area contributed by atoms with E-state index in [9.17, 15) is 14.4 Å². The first kappa shape index (κ1) is 22.9. The molecular formula is C27H22N2O4S. The topological polar surface area (TPSA) is 84.5 Å². The number of carbonyl (C=O) groups is 3. The third-order valence-electron chi connectivity index (χ3n) is 5.02. The van der Waals surface area contributed by atoms with Gasteiger partial charge in [-0.1, -0.05) is 60.7 Å². The smallest absolute Gasteiger partial charge is 0.338 e. The van der Waals surface area contributed by atoms with Gasteiger partial charge in [-0.15, -0.1) is 11.3 Å². The maximum Gasteiger partial charge on any atom is 0.338 e. The largest absolute Gasteiger partial charge is 0.449 e. The highest BCUT2D eigenvalue weighted by Crippen LogP contribution is 2.27. The molecule has 1 unspecified atom stereocenters. The lowest BCUT2D eigenvalue weighted by molar-refractivity contribution is -0.123. The minimum absolute atomic E-state index is 0.230. The molecule has 34 heavy (non-hydrogen) atoms. The first-order valence-corrected chi connectivity index (χ1v) is 11.5. The summed E-state index contributed by atoms with van der Waals surface area (Å²) in [4.78, 5) is 38.2. The van der Waals surface area contributed by atoms with E-state index in [1.165, 1.54) is 24.3 Å². The van der Waals surface area contributed by atoms with Gasteiger partial charge in [0, 0.05) is 16.9 Å². The van der Waals surface area contributed by atoms with Crippen molar-refractivity contribution in [3.05, 3.63) is 107 Å². The van der Waals surface area contributed by atoms with Gasteiger partial charge in [0.05, 0.1) is 10.4 Å². The van der Waals surface area contributed by atoms with Crippen molar-refractivity contribution in [2.75, 3.05) is 10.6 Å². The second-order valence-electron chi connectivity index (χ2n) is 7.46. The normalized spacial score (nSPS) is 11.3. The van der Waals surface area contributed by atoms with Crippen LogP contribution < -0.4 is 10.6 Å². The maximum atomic E-state index is 12.8. The quantitative estimate of drug-likeness (QED) is 0.332. The Labute approximate surface area is 201 Å². The van der Waals surface area contributed by atoms with Crippen molar-refractivity contribution >= 4 is 40.5 Å². The van der Waals surface area contributed by atoms with Gasteiger partial charge in [0.25, 0.3) is 11.8 Å². The second kappa shape index (κ2) is 10.6. The number of hydrogen-bond acceptors (Lipinski definition) is 5. The Bertz CT molecular complexity index is 1300. The lowest BCUT2D eigenvalue weighted by Crippen LogP contribution is -2.30. The van der Waals surface area contributed by atoms with Gasteiger partial charge in [-0.2, -0.15) is 0 Å². The third kappa shape index (κ3) is 5.57. The second-order valence-corrected chi connectivity index (χ2v) is 8.41. The van der Waals surface area contributed by atoms with Crippen LogP contribution >= 0.6 is 11.3 Å². The van der Waals surface area contributed by atoms with Gasteiger partial charge in [0.15, 0.2) is 6.10 Å². The molecule has 2 amide bonds. The molecular weight excluding hydrogens is 448 g/mol. The molecule has 7 heteroatoms. The van der Waals surface area contributed by atoms with E-state index in [1.807, 2.05) is 53.9 Å². The highest BCUT2D eigenvalue weighted by atomic mass is 32.1. The summed E-state index contributed by atoms with van der Waals surface area (Å²) in [5, 5.41) is 7.41. The van der Waals surface area contributed by atoms with Gasteiger partial charge in [-0.05, 0) is 48.2 Å². The van der Waals surface area contributed by atoms with Gasteiger partial charge >= 0.3 is 5.97 Å². The number of anilines is 2. The van der Waals surface area contributed by atoms with Crippen LogP contribution in [0.5, 0.6) is 0 Å². The van der Waals surface area contributed by atoms with Crippen molar-refractivity contribution in [1.82, 2.24) is 0 Å². The molecule has 4 aromatic rings. The monoisotopic (exact) mass is 470 g/mol. The molecule has 1 aromatic heterocycles. The molecule has 6 nitrogen and oxygen atoms in total. The molecule has 0 bridgehead atoms. The molecule has 3 aromatic carbocycles. The van der Waals surface area contributed by atoms with Gasteiger partial charge < -0.3 is 15.4 Å². The van der Waals surface area contributed by atoms with Crippen molar-refractivity contribution in [2.24, 2.45) is 0 Å². The number of amides is 2. The minimum atomic E-state index is -1.03. The Morgan fingerprint density at radius 3 is 2.35 bits per heavy atom. The van der Waals surface area contributed by atoms with Crippen LogP contribution in [0.4, 0.5) is 11.4 Å². The fraction of sp³-hybridized carbons (Fsp3) is 0.0741. The molecule has 0 spiro atoms. The maximum absolute atomic E-state index is 12.8. The van der Waals surface area contributed by atoms with Crippen molar-refractivity contribution < 1.29 is 19.1 Å². The van der Waals surface area contributed by atoms with E-state index in [0.29, 0.717) is 16.3 Å². The van der Waals surface area contributed by atoms with Crippen molar-refractivity contribution in [2.45, 2.75) is 13.0 Å². The van der Waals surface area contributed by atoms with Crippen LogP contribution in [-0.4, -0.2) is 23.9 Å². The lowest BCUT2D eigenvalue weighted by Gasteiger charge is -2.16. The minimum Gasteiger partial charge on any atom is -0.449 e. The number of esters is 1. The van der Waals surface area contributed by atoms with Crippen LogP contribution in [0.15, 0.2) is 96.4 Å². The Kier molecular flexibility index (Phi) is 7.15. The molecule has 0 aliphatic heterocycles. The van der Waals surface area contributed by atoms with Gasteiger partial charge in [0.1, 0.15) is 0 Å². The van der Waals surface area contributed by atoms with Gasteiger partial charge in [-0.25, -0.2) is 4.79 Å². The van der Waals surface area contributed by atoms with Crippen LogP contribution in [0.1, 0.15) is 27.0 Å². The Morgan fingerprint density at radius 2 is 1.59 bits per heavy atom. The summed E-state index contributed by atoms with van der Waals surface area (Å²) in [7, 11) is 0. The lowest BCUT2D eigenvalue weighted by atomic mass is 10.0. The standard InChI is InChI=1S/C27H22N2O4S/c1-18(25(30)29-23-14-6-5-13-22(23)19-9-3-2-4-10-19)33-27(32)20-11-7-12-21(17-20)28-26(31)24-15-8-16-34-24/h2-18H,1H3,(H,28,31)(H,29,30). The molecule has 0 aliphatic rings. The molecule has 0 saturated carbocycles. The SMILES string of the molecule is CC(OC(=O)c1cccc(NC(=O)c2cccs2)c1)C(=O)Nc1ccccc1-c1ccccc1. The van der Waals surface area contributed by atoms with Crippen LogP contribution in [-0.2, 0) is 9.53 Å². The van der Waals surface area contributed by atoms with Crippen molar-refractivity contribution in [3.63, 3.8) is 0 Å². The van der Waals surface area contributed by atoms with E-state index >= 15 is 0 Å². The number of benzene rings is 3. The zero-order chi connectivity index (χ0) is 23.9. The Morgan fingerprint density at radius 1 is 0.824 bits per heavy atom. The molecule has 1 atom stereocenters. The molecule has 0 fully saturated rings. The predicted molar refractivity (Wildman–Crippen MR) is 134 cm³/mol. The van der Waals surface area contributed by atoms with Crippen LogP contribution in [0.25, 0.3) is 11.1 Å². The molecule has 1 heterocycles. The highest BCUT2D eigenvalue weighted by Gasteiger charge is 2.20. The average molecular weight is 471 g/mol. The summed E-state index contributed by atoms with van der Waals surface area (Å²) in [6, 6.07) is 27.0. The van der Waals surface area contributed by atoms with Crippen LogP contribution in [0.2, 0.25) is 0 Å². The Balaban J connectivity index is 1.41. The predicted octanol–water partition coefficient (Wildman–Crippen LogP) is 5.85. The highest BCUT2D eigenvalue weighted by molar-refractivity contribution is 7.12. The fourth-order valence-corrected chi connectivity index (χ4v) is 3.92. The zero-order valence-corrected chi connectivity index (χ0v) is 19.2. The van der Waals surface area contributed by atoms with Crippen LogP contribution in [0.3, 0.4) is 0 Å². The van der Waals surface area contributed by atoms with E-state index in [-0.39, 0.29) is 11.5 Å². The Hall–Kier alpha value is -4.23. The number of hydrogen-bond donors (Lipinski definition) is 2. The number of nitrogens with one attached hydrogen (secondary N) is 2. The number of thiophene rings is 1. The molecule has 4 rings (SSSR count). The fourth-order valence-electron chi connectivity index (χ4n) is 3.30. The van der Waals surface area contributed by atoms with Crippen molar-refractivity contribution in [3.8, 4) is 11.1 Å². The van der Waals surface area contributed by atoms with E-state index in [2.05, 4.69) is 10.6 Å². The van der Waals surface area contributed by atoms with Gasteiger partial charge in [-0.3, -0.25) is 9.59 Å². The number of carbonyl (C=O) groups excluding carboxylic acids is 3. The number of para-hydroxylation sites is 1. The third-order valence-corrected chi connectivity index (χ3v) is 5.89. The van der Waals surface area contributed by atoms with Crippen molar-refractivity contribution in [1.29, 1.82) is 0 Å². The summed E-state index contributed by atoms with van der Waals surface area (Å²) >= 11 is 1.32. The van der Waals surface area contributed by atoms with Crippen LogP contribution in [0, 0.1) is 0 Å². The summed E-state index contributed by atoms with van der Waals surface area (Å²) in [5.41, 5.74) is 3.14. The first-order valence-electron chi connectivity index (χ1n) is 10.6. The van der Waals surface area contributed by atoms with E-state index in [1.54, 1.807) is 36.4 Å².